The first-order chi connectivity index (χ1) is 11.0. The molecule has 2 rings (SSSR count). The van der Waals surface area contributed by atoms with Crippen LogP contribution >= 0.6 is 0 Å². The molecule has 0 aromatic carbocycles. The fraction of sp³-hybridized carbons (Fsp3) is 0.900. The van der Waals surface area contributed by atoms with Gasteiger partial charge in [-0.05, 0) is 33.6 Å². The molecule has 0 aromatic heterocycles. The van der Waals surface area contributed by atoms with E-state index in [1.165, 1.54) is 50.5 Å². The van der Waals surface area contributed by atoms with Crippen LogP contribution in [0.3, 0.4) is 0 Å². The molecule has 23 heavy (non-hydrogen) atoms. The minimum atomic E-state index is -0.475. The van der Waals surface area contributed by atoms with Crippen LogP contribution in [0.1, 0.15) is 85.5 Å². The third-order valence-corrected chi connectivity index (χ3v) is 5.18. The van der Waals surface area contributed by atoms with Gasteiger partial charge in [-0.25, -0.2) is 0 Å². The standard InChI is InChI=1S/C20H36O3/c1-5-6-7-8-9-10-11-13-20(14-12-17(2)15-22-20)18-16-21-19(3,4)23-18/h12,18H,5-11,13-16H2,1-4H3/t18-,20+/m0/s1. The van der Waals surface area contributed by atoms with Crippen LogP contribution in [-0.4, -0.2) is 30.7 Å². The highest BCUT2D eigenvalue weighted by molar-refractivity contribution is 5.10. The third kappa shape index (κ3) is 5.58. The van der Waals surface area contributed by atoms with Gasteiger partial charge in [0, 0.05) is 0 Å². The molecule has 1 saturated heterocycles. The van der Waals surface area contributed by atoms with Crippen molar-refractivity contribution < 1.29 is 14.2 Å². The van der Waals surface area contributed by atoms with Gasteiger partial charge < -0.3 is 14.2 Å². The Morgan fingerprint density at radius 3 is 2.30 bits per heavy atom. The predicted octanol–water partition coefficient (Wildman–Crippen LogP) is 5.38. The molecule has 1 fully saturated rings. The van der Waals surface area contributed by atoms with Crippen LogP contribution in [0, 0.1) is 0 Å². The van der Waals surface area contributed by atoms with E-state index in [4.69, 9.17) is 14.2 Å². The zero-order valence-corrected chi connectivity index (χ0v) is 15.7. The predicted molar refractivity (Wildman–Crippen MR) is 94.6 cm³/mol. The largest absolute Gasteiger partial charge is 0.368 e. The van der Waals surface area contributed by atoms with Gasteiger partial charge in [-0.3, -0.25) is 0 Å². The summed E-state index contributed by atoms with van der Waals surface area (Å²) in [5, 5.41) is 0. The van der Waals surface area contributed by atoms with E-state index in [1.54, 1.807) is 0 Å². The second kappa shape index (κ2) is 8.64. The van der Waals surface area contributed by atoms with Gasteiger partial charge in [0.25, 0.3) is 0 Å². The molecule has 0 N–H and O–H groups in total. The van der Waals surface area contributed by atoms with Gasteiger partial charge in [-0.15, -0.1) is 0 Å². The molecule has 3 nitrogen and oxygen atoms in total. The fourth-order valence-electron chi connectivity index (χ4n) is 3.61. The van der Waals surface area contributed by atoms with Crippen LogP contribution in [0.4, 0.5) is 0 Å². The van der Waals surface area contributed by atoms with E-state index in [9.17, 15) is 0 Å². The molecule has 0 saturated carbocycles. The van der Waals surface area contributed by atoms with Gasteiger partial charge in [0.05, 0.1) is 13.2 Å². The van der Waals surface area contributed by atoms with Gasteiger partial charge in [0.2, 0.25) is 0 Å². The van der Waals surface area contributed by atoms with Gasteiger partial charge in [-0.1, -0.05) is 63.5 Å². The summed E-state index contributed by atoms with van der Waals surface area (Å²) >= 11 is 0. The number of ether oxygens (including phenoxy) is 3. The van der Waals surface area contributed by atoms with Crippen molar-refractivity contribution in [3.63, 3.8) is 0 Å². The molecule has 0 bridgehead atoms. The van der Waals surface area contributed by atoms with Crippen molar-refractivity contribution in [2.75, 3.05) is 13.2 Å². The van der Waals surface area contributed by atoms with Crippen molar-refractivity contribution in [2.45, 2.75) is 103 Å². The summed E-state index contributed by atoms with van der Waals surface area (Å²) < 4.78 is 18.3. The summed E-state index contributed by atoms with van der Waals surface area (Å²) in [7, 11) is 0. The molecule has 0 radical (unpaired) electrons. The fourth-order valence-corrected chi connectivity index (χ4v) is 3.61. The van der Waals surface area contributed by atoms with Crippen molar-refractivity contribution in [3.05, 3.63) is 11.6 Å². The molecule has 134 valence electrons. The Bertz CT molecular complexity index is 388. The highest BCUT2D eigenvalue weighted by atomic mass is 16.8. The monoisotopic (exact) mass is 324 g/mol. The van der Waals surface area contributed by atoms with Crippen molar-refractivity contribution in [1.29, 1.82) is 0 Å². The molecular formula is C20H36O3. The van der Waals surface area contributed by atoms with E-state index < -0.39 is 5.79 Å². The number of unbranched alkanes of at least 4 members (excludes halogenated alkanes) is 6. The maximum absolute atomic E-state index is 6.33. The summed E-state index contributed by atoms with van der Waals surface area (Å²) in [5.74, 6) is -0.475. The highest BCUT2D eigenvalue weighted by Gasteiger charge is 2.48. The average Bonchev–Trinajstić information content (AvgIpc) is 2.89. The lowest BCUT2D eigenvalue weighted by Crippen LogP contribution is -2.48. The first-order valence-electron chi connectivity index (χ1n) is 9.59. The lowest BCUT2D eigenvalue weighted by atomic mass is 9.84. The van der Waals surface area contributed by atoms with Gasteiger partial charge in [0.1, 0.15) is 11.7 Å². The smallest absolute Gasteiger partial charge is 0.163 e. The molecular weight excluding hydrogens is 288 g/mol. The maximum atomic E-state index is 6.33. The van der Waals surface area contributed by atoms with Crippen molar-refractivity contribution in [2.24, 2.45) is 0 Å². The van der Waals surface area contributed by atoms with E-state index in [2.05, 4.69) is 19.9 Å². The SMILES string of the molecule is CCCCCCCCC[C@]1([C@@H]2COC(C)(C)O2)CC=C(C)CO1. The van der Waals surface area contributed by atoms with Crippen LogP contribution in [0.2, 0.25) is 0 Å². The summed E-state index contributed by atoms with van der Waals surface area (Å²) in [5.41, 5.74) is 1.15. The zero-order valence-electron chi connectivity index (χ0n) is 15.7. The van der Waals surface area contributed by atoms with E-state index in [0.717, 1.165) is 19.4 Å². The minimum absolute atomic E-state index is 0.0574. The van der Waals surface area contributed by atoms with Crippen LogP contribution in [0.25, 0.3) is 0 Å². The van der Waals surface area contributed by atoms with Crippen LogP contribution < -0.4 is 0 Å². The summed E-state index contributed by atoms with van der Waals surface area (Å²) in [6.45, 7) is 9.79. The van der Waals surface area contributed by atoms with Crippen LogP contribution in [-0.2, 0) is 14.2 Å². The molecule has 0 aliphatic carbocycles. The lowest BCUT2D eigenvalue weighted by molar-refractivity contribution is -0.185. The molecule has 2 heterocycles. The molecule has 0 amide bonds. The Morgan fingerprint density at radius 2 is 1.74 bits per heavy atom. The maximum Gasteiger partial charge on any atom is 0.163 e. The Morgan fingerprint density at radius 1 is 1.04 bits per heavy atom. The molecule has 2 aliphatic rings. The van der Waals surface area contributed by atoms with Gasteiger partial charge >= 0.3 is 0 Å². The van der Waals surface area contributed by atoms with E-state index in [1.807, 2.05) is 13.8 Å². The number of rotatable bonds is 9. The van der Waals surface area contributed by atoms with E-state index in [0.29, 0.717) is 6.61 Å². The lowest BCUT2D eigenvalue weighted by Gasteiger charge is -2.40. The second-order valence-electron chi connectivity index (χ2n) is 7.80. The van der Waals surface area contributed by atoms with Gasteiger partial charge in [0.15, 0.2) is 5.79 Å². The highest BCUT2D eigenvalue weighted by Crippen LogP contribution is 2.39. The Hall–Kier alpha value is -0.380. The Labute approximate surface area is 142 Å². The third-order valence-electron chi connectivity index (χ3n) is 5.18. The molecule has 0 unspecified atom stereocenters. The van der Waals surface area contributed by atoms with Crippen molar-refractivity contribution in [3.8, 4) is 0 Å². The number of hydrogen-bond donors (Lipinski definition) is 0. The Balaban J connectivity index is 1.83. The van der Waals surface area contributed by atoms with E-state index >= 15 is 0 Å². The van der Waals surface area contributed by atoms with Crippen LogP contribution in [0.5, 0.6) is 0 Å². The molecule has 3 heteroatoms. The zero-order chi connectivity index (χ0) is 16.8. The minimum Gasteiger partial charge on any atom is -0.368 e. The van der Waals surface area contributed by atoms with Crippen LogP contribution in [0.15, 0.2) is 11.6 Å². The molecule has 2 atom stereocenters. The van der Waals surface area contributed by atoms with Crippen molar-refractivity contribution in [1.82, 2.24) is 0 Å². The Kier molecular flexibility index (Phi) is 7.12. The van der Waals surface area contributed by atoms with Crippen molar-refractivity contribution >= 4 is 0 Å². The second-order valence-corrected chi connectivity index (χ2v) is 7.80. The summed E-state index contributed by atoms with van der Waals surface area (Å²) in [6, 6.07) is 0. The normalized spacial score (nSPS) is 30.4. The topological polar surface area (TPSA) is 27.7 Å². The quantitative estimate of drug-likeness (QED) is 0.421. The molecule has 2 aliphatic heterocycles. The molecule has 0 aromatic rings. The summed E-state index contributed by atoms with van der Waals surface area (Å²) in [4.78, 5) is 0. The first kappa shape index (κ1) is 19.0. The average molecular weight is 325 g/mol. The number of hydrogen-bond acceptors (Lipinski definition) is 3. The molecule has 0 spiro atoms. The first-order valence-corrected chi connectivity index (χ1v) is 9.59. The van der Waals surface area contributed by atoms with Gasteiger partial charge in [-0.2, -0.15) is 0 Å². The van der Waals surface area contributed by atoms with E-state index in [-0.39, 0.29) is 11.7 Å². The summed E-state index contributed by atoms with van der Waals surface area (Å²) in [6.07, 6.45) is 13.7.